The zero-order chi connectivity index (χ0) is 14.0. The molecule has 2 N–H and O–H groups in total. The third-order valence-corrected chi connectivity index (χ3v) is 3.63. The van der Waals surface area contributed by atoms with Gasteiger partial charge in [0.2, 0.25) is 0 Å². The van der Waals surface area contributed by atoms with Crippen molar-refractivity contribution in [3.63, 3.8) is 0 Å². The molecular weight excluding hydrogens is 247 g/mol. The van der Waals surface area contributed by atoms with Crippen molar-refractivity contribution < 1.29 is 13.9 Å². The predicted octanol–water partition coefficient (Wildman–Crippen LogP) is 1.54. The number of likely N-dealkylation sites (N-methyl/N-ethyl adjacent to an activating group) is 1. The zero-order valence-corrected chi connectivity index (χ0v) is 11.2. The molecule has 0 bridgehead atoms. The highest BCUT2D eigenvalue weighted by Gasteiger charge is 2.49. The van der Waals surface area contributed by atoms with Crippen LogP contribution in [0.15, 0.2) is 24.3 Å². The van der Waals surface area contributed by atoms with Crippen LogP contribution in [0.4, 0.5) is 10.1 Å². The van der Waals surface area contributed by atoms with Crippen molar-refractivity contribution >= 4 is 11.7 Å². The van der Waals surface area contributed by atoms with Crippen LogP contribution in [0.25, 0.3) is 0 Å². The third-order valence-electron chi connectivity index (χ3n) is 3.63. The van der Waals surface area contributed by atoms with E-state index in [-0.39, 0.29) is 18.3 Å². The van der Waals surface area contributed by atoms with Gasteiger partial charge in [-0.1, -0.05) is 12.1 Å². The van der Waals surface area contributed by atoms with Gasteiger partial charge in [0.25, 0.3) is 0 Å². The fourth-order valence-corrected chi connectivity index (χ4v) is 2.39. The molecule has 1 unspecified atom stereocenters. The SMILES string of the molecule is COC(=O)C(N)(CN(C)c1ccccc1F)C1CC1. The van der Waals surface area contributed by atoms with Crippen LogP contribution in [0.5, 0.6) is 0 Å². The Labute approximate surface area is 112 Å². The van der Waals surface area contributed by atoms with Crippen LogP contribution in [0.1, 0.15) is 12.8 Å². The van der Waals surface area contributed by atoms with Crippen LogP contribution < -0.4 is 10.6 Å². The van der Waals surface area contributed by atoms with Crippen molar-refractivity contribution in [3.05, 3.63) is 30.1 Å². The van der Waals surface area contributed by atoms with Crippen molar-refractivity contribution in [2.45, 2.75) is 18.4 Å². The summed E-state index contributed by atoms with van der Waals surface area (Å²) in [5, 5.41) is 0. The van der Waals surface area contributed by atoms with Crippen molar-refractivity contribution in [2.24, 2.45) is 11.7 Å². The van der Waals surface area contributed by atoms with Gasteiger partial charge in [0.05, 0.1) is 12.8 Å². The van der Waals surface area contributed by atoms with Crippen molar-refractivity contribution in [3.8, 4) is 0 Å². The molecule has 0 spiro atoms. The minimum atomic E-state index is -1.06. The van der Waals surface area contributed by atoms with E-state index in [1.165, 1.54) is 13.2 Å². The minimum Gasteiger partial charge on any atom is -0.468 e. The number of carbonyl (C=O) groups is 1. The standard InChI is InChI=1S/C14H19FN2O2/c1-17(12-6-4-3-5-11(12)15)9-14(16,10-7-8-10)13(18)19-2/h3-6,10H,7-9,16H2,1-2H3. The Morgan fingerprint density at radius 1 is 1.53 bits per heavy atom. The van der Waals surface area contributed by atoms with E-state index in [2.05, 4.69) is 0 Å². The molecule has 0 heterocycles. The van der Waals surface area contributed by atoms with Gasteiger partial charge in [-0.05, 0) is 30.9 Å². The molecule has 1 aromatic rings. The number of nitrogens with two attached hydrogens (primary N) is 1. The largest absolute Gasteiger partial charge is 0.468 e. The second-order valence-electron chi connectivity index (χ2n) is 5.11. The van der Waals surface area contributed by atoms with Crippen LogP contribution in [0.2, 0.25) is 0 Å². The van der Waals surface area contributed by atoms with E-state index in [1.54, 1.807) is 30.1 Å². The molecule has 1 aliphatic rings. The number of methoxy groups -OCH3 is 1. The predicted molar refractivity (Wildman–Crippen MR) is 71.3 cm³/mol. The molecule has 1 aromatic carbocycles. The van der Waals surface area contributed by atoms with Crippen molar-refractivity contribution in [2.75, 3.05) is 25.6 Å². The summed E-state index contributed by atoms with van der Waals surface area (Å²) in [6.45, 7) is 0.241. The summed E-state index contributed by atoms with van der Waals surface area (Å²) in [6.07, 6.45) is 1.83. The summed E-state index contributed by atoms with van der Waals surface area (Å²) >= 11 is 0. The second-order valence-corrected chi connectivity index (χ2v) is 5.11. The van der Waals surface area contributed by atoms with Gasteiger partial charge < -0.3 is 15.4 Å². The van der Waals surface area contributed by atoms with Gasteiger partial charge in [0.15, 0.2) is 0 Å². The Kier molecular flexibility index (Phi) is 3.75. The zero-order valence-electron chi connectivity index (χ0n) is 11.2. The summed E-state index contributed by atoms with van der Waals surface area (Å²) < 4.78 is 18.5. The Bertz CT molecular complexity index is 476. The van der Waals surface area contributed by atoms with Gasteiger partial charge in [0.1, 0.15) is 11.4 Å². The monoisotopic (exact) mass is 266 g/mol. The molecule has 0 saturated heterocycles. The molecule has 1 saturated carbocycles. The Balaban J connectivity index is 2.18. The van der Waals surface area contributed by atoms with E-state index < -0.39 is 11.5 Å². The molecule has 1 fully saturated rings. The number of para-hydroxylation sites is 1. The highest BCUT2D eigenvalue weighted by molar-refractivity contribution is 5.82. The molecule has 1 atom stereocenters. The summed E-state index contributed by atoms with van der Waals surface area (Å²) in [5.41, 5.74) is 5.58. The number of benzene rings is 1. The molecule has 2 rings (SSSR count). The maximum Gasteiger partial charge on any atom is 0.327 e. The number of anilines is 1. The van der Waals surface area contributed by atoms with E-state index in [9.17, 15) is 9.18 Å². The molecule has 0 amide bonds. The van der Waals surface area contributed by atoms with Crippen LogP contribution in [-0.4, -0.2) is 32.2 Å². The van der Waals surface area contributed by atoms with Crippen LogP contribution in [0.3, 0.4) is 0 Å². The lowest BCUT2D eigenvalue weighted by Gasteiger charge is -2.32. The highest BCUT2D eigenvalue weighted by atomic mass is 19.1. The summed E-state index contributed by atoms with van der Waals surface area (Å²) in [7, 11) is 3.06. The number of nitrogens with zero attached hydrogens (tertiary/aromatic N) is 1. The minimum absolute atomic E-state index is 0.120. The first-order valence-corrected chi connectivity index (χ1v) is 6.32. The average molecular weight is 266 g/mol. The molecule has 19 heavy (non-hydrogen) atoms. The first-order chi connectivity index (χ1) is 8.99. The maximum absolute atomic E-state index is 13.7. The average Bonchev–Trinajstić information content (AvgIpc) is 3.22. The third kappa shape index (κ3) is 2.71. The molecule has 104 valence electrons. The highest BCUT2D eigenvalue weighted by Crippen LogP contribution is 2.39. The van der Waals surface area contributed by atoms with Crippen molar-refractivity contribution in [1.29, 1.82) is 0 Å². The molecular formula is C14H19FN2O2. The number of ether oxygens (including phenoxy) is 1. The van der Waals surface area contributed by atoms with Gasteiger partial charge in [-0.15, -0.1) is 0 Å². The maximum atomic E-state index is 13.7. The van der Waals surface area contributed by atoms with E-state index in [1.807, 2.05) is 0 Å². The van der Waals surface area contributed by atoms with Crippen molar-refractivity contribution in [1.82, 2.24) is 0 Å². The van der Waals surface area contributed by atoms with Gasteiger partial charge in [0, 0.05) is 13.6 Å². The fraction of sp³-hybridized carbons (Fsp3) is 0.500. The van der Waals surface area contributed by atoms with Crippen LogP contribution in [0, 0.1) is 11.7 Å². The lowest BCUT2D eigenvalue weighted by molar-refractivity contribution is -0.147. The van der Waals surface area contributed by atoms with E-state index in [0.717, 1.165) is 12.8 Å². The molecule has 4 nitrogen and oxygen atoms in total. The normalized spacial score (nSPS) is 17.7. The summed E-state index contributed by atoms with van der Waals surface area (Å²) in [5.74, 6) is -0.639. The smallest absolute Gasteiger partial charge is 0.327 e. The molecule has 0 aliphatic heterocycles. The number of hydrogen-bond acceptors (Lipinski definition) is 4. The first kappa shape index (κ1) is 13.8. The van der Waals surface area contributed by atoms with E-state index in [0.29, 0.717) is 5.69 Å². The summed E-state index contributed by atoms with van der Waals surface area (Å²) in [6, 6.07) is 6.44. The van der Waals surface area contributed by atoms with Gasteiger partial charge in [-0.2, -0.15) is 0 Å². The number of hydrogen-bond donors (Lipinski definition) is 1. The number of halogens is 1. The van der Waals surface area contributed by atoms with Crippen LogP contribution >= 0.6 is 0 Å². The van der Waals surface area contributed by atoms with Gasteiger partial charge >= 0.3 is 5.97 Å². The van der Waals surface area contributed by atoms with Gasteiger partial charge in [-0.25, -0.2) is 9.18 Å². The Hall–Kier alpha value is -1.62. The number of esters is 1. The molecule has 0 aromatic heterocycles. The van der Waals surface area contributed by atoms with Crippen LogP contribution in [-0.2, 0) is 9.53 Å². The Morgan fingerprint density at radius 2 is 2.16 bits per heavy atom. The first-order valence-electron chi connectivity index (χ1n) is 6.32. The quantitative estimate of drug-likeness (QED) is 0.821. The Morgan fingerprint density at radius 3 is 2.68 bits per heavy atom. The number of rotatable bonds is 5. The second kappa shape index (κ2) is 5.17. The fourth-order valence-electron chi connectivity index (χ4n) is 2.39. The molecule has 0 radical (unpaired) electrons. The topological polar surface area (TPSA) is 55.6 Å². The van der Waals surface area contributed by atoms with E-state index in [4.69, 9.17) is 10.5 Å². The van der Waals surface area contributed by atoms with Gasteiger partial charge in [-0.3, -0.25) is 0 Å². The lowest BCUT2D eigenvalue weighted by Crippen LogP contribution is -2.58. The lowest BCUT2D eigenvalue weighted by atomic mass is 9.93. The molecule has 1 aliphatic carbocycles. The van der Waals surface area contributed by atoms with E-state index >= 15 is 0 Å². The number of carbonyl (C=O) groups excluding carboxylic acids is 1. The molecule has 5 heteroatoms. The summed E-state index contributed by atoms with van der Waals surface area (Å²) in [4.78, 5) is 13.6.